The van der Waals surface area contributed by atoms with Crippen LogP contribution in [0.2, 0.25) is 0 Å². The monoisotopic (exact) mass is 260 g/mol. The van der Waals surface area contributed by atoms with Crippen LogP contribution in [-0.4, -0.2) is 47.7 Å². The molecule has 18 heavy (non-hydrogen) atoms. The lowest BCUT2D eigenvalue weighted by atomic mass is 9.89. The molecule has 1 rings (SSSR count). The molecule has 0 aromatic carbocycles. The third-order valence-electron chi connectivity index (χ3n) is 3.84. The van der Waals surface area contributed by atoms with Crippen LogP contribution in [0.25, 0.3) is 0 Å². The largest absolute Gasteiger partial charge is 0.390 e. The molecule has 4 N–H and O–H groups in total. The van der Waals surface area contributed by atoms with Crippen LogP contribution in [0.3, 0.4) is 0 Å². The molecule has 0 heterocycles. The minimum Gasteiger partial charge on any atom is -0.390 e. The molecule has 0 bridgehead atoms. The van der Waals surface area contributed by atoms with E-state index in [0.717, 1.165) is 18.8 Å². The minimum absolute atomic E-state index is 0.112. The second-order valence-corrected chi connectivity index (χ2v) is 6.46. The first-order chi connectivity index (χ1) is 8.43. The molecule has 0 radical (unpaired) electrons. The molecule has 1 aliphatic carbocycles. The highest BCUT2D eigenvalue weighted by molar-refractivity contribution is 4.70. The number of aliphatic hydroxyl groups excluding tert-OH is 2. The van der Waals surface area contributed by atoms with Gasteiger partial charge in [0.1, 0.15) is 18.2 Å². The van der Waals surface area contributed by atoms with Crippen molar-refractivity contribution >= 4 is 0 Å². The van der Waals surface area contributed by atoms with Crippen molar-refractivity contribution in [2.75, 3.05) is 19.8 Å². The van der Waals surface area contributed by atoms with E-state index >= 15 is 0 Å². The van der Waals surface area contributed by atoms with Crippen LogP contribution in [0, 0.1) is 5.92 Å². The molecular formula is C14H30NO3+. The Balaban J connectivity index is 2.11. The molecule has 1 aliphatic rings. The lowest BCUT2D eigenvalue weighted by Gasteiger charge is -2.27. The normalized spacial score (nSPS) is 27.2. The van der Waals surface area contributed by atoms with Crippen molar-refractivity contribution in [3.05, 3.63) is 0 Å². The van der Waals surface area contributed by atoms with Crippen LogP contribution in [0.15, 0.2) is 0 Å². The molecular weight excluding hydrogens is 230 g/mol. The third kappa shape index (κ3) is 6.14. The number of rotatable bonds is 7. The average Bonchev–Trinajstić information content (AvgIpc) is 2.36. The van der Waals surface area contributed by atoms with E-state index in [1.54, 1.807) is 0 Å². The molecule has 0 spiro atoms. The molecule has 1 atom stereocenters. The van der Waals surface area contributed by atoms with Crippen LogP contribution >= 0.6 is 0 Å². The Morgan fingerprint density at radius 1 is 1.28 bits per heavy atom. The molecule has 0 aromatic rings. The lowest BCUT2D eigenvalue weighted by molar-refractivity contribution is -0.727. The fourth-order valence-corrected chi connectivity index (χ4v) is 2.23. The molecule has 0 aliphatic heterocycles. The van der Waals surface area contributed by atoms with Crippen molar-refractivity contribution in [2.24, 2.45) is 5.92 Å². The van der Waals surface area contributed by atoms with Gasteiger partial charge in [-0.1, -0.05) is 6.92 Å². The van der Waals surface area contributed by atoms with Gasteiger partial charge in [0.15, 0.2) is 0 Å². The van der Waals surface area contributed by atoms with Gasteiger partial charge in [-0.15, -0.1) is 0 Å². The molecule has 4 nitrogen and oxygen atoms in total. The minimum atomic E-state index is -0.449. The summed E-state index contributed by atoms with van der Waals surface area (Å²) in [5.74, 6) is 0.827. The SMILES string of the molecule is CC1CCC(OC[C@H](O)C[NH2+]C(C)(C)CO)CC1. The van der Waals surface area contributed by atoms with E-state index in [1.807, 2.05) is 19.2 Å². The smallest absolute Gasteiger partial charge is 0.126 e. The quantitative estimate of drug-likeness (QED) is 0.616. The van der Waals surface area contributed by atoms with Crippen LogP contribution in [0.4, 0.5) is 0 Å². The summed E-state index contributed by atoms with van der Waals surface area (Å²) in [7, 11) is 0. The van der Waals surface area contributed by atoms with Gasteiger partial charge >= 0.3 is 0 Å². The van der Waals surface area contributed by atoms with Gasteiger partial charge in [0.2, 0.25) is 0 Å². The Morgan fingerprint density at radius 3 is 2.44 bits per heavy atom. The number of hydrogen-bond acceptors (Lipinski definition) is 3. The Hall–Kier alpha value is -0.160. The highest BCUT2D eigenvalue weighted by Crippen LogP contribution is 2.25. The zero-order valence-electron chi connectivity index (χ0n) is 12.1. The maximum absolute atomic E-state index is 9.85. The summed E-state index contributed by atoms with van der Waals surface area (Å²) in [6.45, 7) is 7.32. The molecule has 0 saturated heterocycles. The first-order valence-electron chi connectivity index (χ1n) is 7.18. The van der Waals surface area contributed by atoms with E-state index in [4.69, 9.17) is 9.84 Å². The Kier molecular flexibility index (Phi) is 6.57. The maximum Gasteiger partial charge on any atom is 0.126 e. The number of quaternary nitrogens is 1. The standard InChI is InChI=1S/C14H29NO3/c1-11-4-6-13(7-5-11)18-9-12(17)8-15-14(2,3)10-16/h11-13,15-17H,4-10H2,1-3H3/p+1/t11?,12-,13?/m1/s1. The van der Waals surface area contributed by atoms with Crippen molar-refractivity contribution in [1.82, 2.24) is 0 Å². The third-order valence-corrected chi connectivity index (χ3v) is 3.84. The van der Waals surface area contributed by atoms with Gasteiger partial charge in [-0.25, -0.2) is 0 Å². The highest BCUT2D eigenvalue weighted by atomic mass is 16.5. The zero-order chi connectivity index (χ0) is 13.6. The number of hydrogen-bond donors (Lipinski definition) is 3. The van der Waals surface area contributed by atoms with E-state index in [-0.39, 0.29) is 12.1 Å². The first kappa shape index (κ1) is 15.9. The first-order valence-corrected chi connectivity index (χ1v) is 7.18. The summed E-state index contributed by atoms with van der Waals surface area (Å²) < 4.78 is 5.76. The van der Waals surface area contributed by atoms with Crippen molar-refractivity contribution in [3.8, 4) is 0 Å². The molecule has 0 aromatic heterocycles. The molecule has 1 fully saturated rings. The topological polar surface area (TPSA) is 66.3 Å². The van der Waals surface area contributed by atoms with E-state index in [0.29, 0.717) is 19.3 Å². The second kappa shape index (κ2) is 7.43. The fourth-order valence-electron chi connectivity index (χ4n) is 2.23. The van der Waals surface area contributed by atoms with Gasteiger partial charge in [0.25, 0.3) is 0 Å². The van der Waals surface area contributed by atoms with Crippen molar-refractivity contribution < 1.29 is 20.3 Å². The molecule has 1 saturated carbocycles. The second-order valence-electron chi connectivity index (χ2n) is 6.46. The van der Waals surface area contributed by atoms with E-state index in [9.17, 15) is 5.11 Å². The highest BCUT2D eigenvalue weighted by Gasteiger charge is 2.23. The van der Waals surface area contributed by atoms with Gasteiger partial charge in [-0.2, -0.15) is 0 Å². The van der Waals surface area contributed by atoms with Crippen LogP contribution < -0.4 is 5.32 Å². The number of ether oxygens (including phenoxy) is 1. The summed E-state index contributed by atoms with van der Waals surface area (Å²) in [5.41, 5.74) is -0.221. The summed E-state index contributed by atoms with van der Waals surface area (Å²) in [4.78, 5) is 0. The summed E-state index contributed by atoms with van der Waals surface area (Å²) in [6, 6.07) is 0. The van der Waals surface area contributed by atoms with E-state index < -0.39 is 6.10 Å². The summed E-state index contributed by atoms with van der Waals surface area (Å²) in [6.07, 6.45) is 4.62. The van der Waals surface area contributed by atoms with Crippen molar-refractivity contribution in [1.29, 1.82) is 0 Å². The molecule has 4 heteroatoms. The van der Waals surface area contributed by atoms with Gasteiger partial charge in [0.05, 0.1) is 19.3 Å². The Morgan fingerprint density at radius 2 is 1.89 bits per heavy atom. The predicted octanol–water partition coefficient (Wildman–Crippen LogP) is 0.277. The molecule has 108 valence electrons. The average molecular weight is 260 g/mol. The van der Waals surface area contributed by atoms with Crippen LogP contribution in [-0.2, 0) is 4.74 Å². The Bertz CT molecular complexity index is 225. The van der Waals surface area contributed by atoms with Crippen molar-refractivity contribution in [3.63, 3.8) is 0 Å². The number of aliphatic hydroxyl groups is 2. The predicted molar refractivity (Wildman–Crippen MR) is 71.3 cm³/mol. The van der Waals surface area contributed by atoms with E-state index in [1.165, 1.54) is 12.8 Å². The van der Waals surface area contributed by atoms with Gasteiger partial charge < -0.3 is 20.3 Å². The summed E-state index contributed by atoms with van der Waals surface area (Å²) >= 11 is 0. The van der Waals surface area contributed by atoms with Crippen LogP contribution in [0.5, 0.6) is 0 Å². The molecule has 0 amide bonds. The lowest BCUT2D eigenvalue weighted by Crippen LogP contribution is -2.97. The van der Waals surface area contributed by atoms with E-state index in [2.05, 4.69) is 6.92 Å². The fraction of sp³-hybridized carbons (Fsp3) is 1.00. The van der Waals surface area contributed by atoms with Crippen molar-refractivity contribution in [2.45, 2.75) is 64.2 Å². The number of nitrogens with two attached hydrogens (primary N) is 1. The molecule has 0 unspecified atom stereocenters. The Labute approximate surface area is 111 Å². The van der Waals surface area contributed by atoms with Crippen LogP contribution in [0.1, 0.15) is 46.5 Å². The van der Waals surface area contributed by atoms with Gasteiger partial charge in [-0.3, -0.25) is 0 Å². The zero-order valence-corrected chi connectivity index (χ0v) is 12.1. The van der Waals surface area contributed by atoms with Gasteiger partial charge in [0, 0.05) is 0 Å². The summed E-state index contributed by atoms with van der Waals surface area (Å²) in [5, 5.41) is 21.0. The van der Waals surface area contributed by atoms with Gasteiger partial charge in [-0.05, 0) is 45.4 Å². The maximum atomic E-state index is 9.85.